The lowest BCUT2D eigenvalue weighted by Crippen LogP contribution is -2.28. The predicted octanol–water partition coefficient (Wildman–Crippen LogP) is 1.48. The maximum Gasteiger partial charge on any atom is 0.317 e. The van der Waals surface area contributed by atoms with Crippen LogP contribution in [-0.4, -0.2) is 39.8 Å². The molecule has 0 aliphatic heterocycles. The Hall–Kier alpha value is -0.613. The average Bonchev–Trinajstić information content (AvgIpc) is 1.81. The van der Waals surface area contributed by atoms with Gasteiger partial charge in [0.05, 0.1) is 0 Å². The highest BCUT2D eigenvalue weighted by Gasteiger charge is 2.17. The molecule has 4 heteroatoms. The fourth-order valence-corrected chi connectivity index (χ4v) is 1.37. The third-order valence-electron chi connectivity index (χ3n) is 1.13. The van der Waals surface area contributed by atoms with Gasteiger partial charge in [-0.2, -0.15) is 0 Å². The van der Waals surface area contributed by atoms with Crippen LogP contribution in [0.15, 0.2) is 12.2 Å². The molecule has 0 heterocycles. The number of nitrogens with zero attached hydrogens (tertiary/aromatic N) is 1. The van der Waals surface area contributed by atoms with Gasteiger partial charge in [0.2, 0.25) is 8.32 Å². The maximum absolute atomic E-state index is 11.1. The molecule has 0 bridgehead atoms. The zero-order valence-electron chi connectivity index (χ0n) is 9.13. The molecule has 0 amide bonds. The molecule has 0 fully saturated rings. The summed E-state index contributed by atoms with van der Waals surface area (Å²) >= 11 is 0. The molecule has 0 aromatic heterocycles. The van der Waals surface area contributed by atoms with Crippen molar-refractivity contribution in [2.75, 3.05) is 20.6 Å². The second kappa shape index (κ2) is 5.19. The van der Waals surface area contributed by atoms with Gasteiger partial charge < -0.3 is 9.33 Å². The number of carbonyl (C=O) groups excluding carboxylic acids is 1. The number of hydrogen-bond donors (Lipinski definition) is 0. The summed E-state index contributed by atoms with van der Waals surface area (Å²) in [6.07, 6.45) is 3.31. The van der Waals surface area contributed by atoms with Gasteiger partial charge in [-0.1, -0.05) is 6.08 Å². The Bertz CT molecular complexity index is 194. The van der Waals surface area contributed by atoms with Gasteiger partial charge in [0, 0.05) is 12.6 Å². The first kappa shape index (κ1) is 12.4. The minimum Gasteiger partial charge on any atom is -0.517 e. The van der Waals surface area contributed by atoms with Gasteiger partial charge in [-0.3, -0.25) is 0 Å². The van der Waals surface area contributed by atoms with Crippen molar-refractivity contribution in [3.8, 4) is 0 Å². The summed E-state index contributed by atoms with van der Waals surface area (Å²) < 4.78 is 5.21. The molecule has 0 unspecified atom stereocenters. The van der Waals surface area contributed by atoms with E-state index in [4.69, 9.17) is 4.43 Å². The predicted molar refractivity (Wildman–Crippen MR) is 57.1 cm³/mol. The van der Waals surface area contributed by atoms with Crippen molar-refractivity contribution < 1.29 is 9.22 Å². The third-order valence-corrected chi connectivity index (χ3v) is 1.94. The van der Waals surface area contributed by atoms with E-state index in [1.807, 2.05) is 44.7 Å². The summed E-state index contributed by atoms with van der Waals surface area (Å²) in [5.74, 6) is -0.221. The molecule has 0 atom stereocenters. The molecule has 0 aromatic rings. The lowest BCUT2D eigenvalue weighted by atomic mass is 10.5. The summed E-state index contributed by atoms with van der Waals surface area (Å²) in [7, 11) is 2.19. The molecule has 76 valence electrons. The molecule has 0 radical (unpaired) electrons. The molecule has 0 aliphatic rings. The Morgan fingerprint density at radius 3 is 2.31 bits per heavy atom. The Morgan fingerprint density at radius 2 is 1.92 bits per heavy atom. The largest absolute Gasteiger partial charge is 0.517 e. The Morgan fingerprint density at radius 1 is 1.38 bits per heavy atom. The smallest absolute Gasteiger partial charge is 0.317 e. The van der Waals surface area contributed by atoms with Gasteiger partial charge >= 0.3 is 5.97 Å². The van der Waals surface area contributed by atoms with Crippen LogP contribution in [0, 0.1) is 0 Å². The Labute approximate surface area is 81.5 Å². The van der Waals surface area contributed by atoms with E-state index >= 15 is 0 Å². The van der Waals surface area contributed by atoms with Crippen LogP contribution in [0.2, 0.25) is 19.6 Å². The minimum absolute atomic E-state index is 0.221. The van der Waals surface area contributed by atoms with Gasteiger partial charge in [0.1, 0.15) is 0 Å². The Kier molecular flexibility index (Phi) is 4.94. The molecule has 13 heavy (non-hydrogen) atoms. The van der Waals surface area contributed by atoms with Gasteiger partial charge in [-0.25, -0.2) is 4.79 Å². The van der Waals surface area contributed by atoms with Gasteiger partial charge in [0.25, 0.3) is 0 Å². The van der Waals surface area contributed by atoms with Crippen LogP contribution >= 0.6 is 0 Å². The summed E-state index contributed by atoms with van der Waals surface area (Å²) in [4.78, 5) is 13.1. The van der Waals surface area contributed by atoms with Crippen molar-refractivity contribution in [3.05, 3.63) is 12.2 Å². The van der Waals surface area contributed by atoms with E-state index in [1.54, 1.807) is 0 Å². The van der Waals surface area contributed by atoms with E-state index < -0.39 is 8.32 Å². The first-order chi connectivity index (χ1) is 5.81. The fourth-order valence-electron chi connectivity index (χ4n) is 0.696. The standard InChI is InChI=1S/C9H19NO2Si/c1-10(2)8-6-7-9(11)12-13(3,4)5/h6-7H,8H2,1-5H3/b7-6+. The van der Waals surface area contributed by atoms with Crippen LogP contribution in [0.3, 0.4) is 0 Å². The van der Waals surface area contributed by atoms with Gasteiger partial charge in [-0.05, 0) is 33.7 Å². The average molecular weight is 201 g/mol. The molecule has 0 saturated heterocycles. The molecule has 0 spiro atoms. The topological polar surface area (TPSA) is 29.5 Å². The summed E-state index contributed by atoms with van der Waals surface area (Å²) in [6, 6.07) is 0. The van der Waals surface area contributed by atoms with Crippen molar-refractivity contribution in [1.82, 2.24) is 4.90 Å². The molecule has 0 aromatic carbocycles. The highest BCUT2D eigenvalue weighted by molar-refractivity contribution is 6.71. The van der Waals surface area contributed by atoms with E-state index in [0.29, 0.717) is 0 Å². The van der Waals surface area contributed by atoms with Crippen molar-refractivity contribution in [1.29, 1.82) is 0 Å². The summed E-state index contributed by atoms with van der Waals surface area (Å²) in [5, 5.41) is 0. The number of hydrogen-bond acceptors (Lipinski definition) is 3. The SMILES string of the molecule is CN(C)C/C=C/C(=O)O[Si](C)(C)C. The number of rotatable bonds is 4. The normalized spacial score (nSPS) is 12.5. The maximum atomic E-state index is 11.1. The second-order valence-corrected chi connectivity index (χ2v) is 8.63. The van der Waals surface area contributed by atoms with Gasteiger partial charge in [0.15, 0.2) is 0 Å². The van der Waals surface area contributed by atoms with Crippen molar-refractivity contribution in [3.63, 3.8) is 0 Å². The van der Waals surface area contributed by atoms with Crippen LogP contribution in [0.4, 0.5) is 0 Å². The minimum atomic E-state index is -1.71. The van der Waals surface area contributed by atoms with Crippen molar-refractivity contribution in [2.45, 2.75) is 19.6 Å². The molecular weight excluding hydrogens is 182 g/mol. The first-order valence-corrected chi connectivity index (χ1v) is 7.76. The monoisotopic (exact) mass is 201 g/mol. The van der Waals surface area contributed by atoms with Crippen LogP contribution in [-0.2, 0) is 9.22 Å². The number of carbonyl (C=O) groups is 1. The molecule has 0 saturated carbocycles. The third kappa shape index (κ3) is 9.30. The van der Waals surface area contributed by atoms with Crippen LogP contribution in [0.5, 0.6) is 0 Å². The first-order valence-electron chi connectivity index (χ1n) is 4.35. The Balaban J connectivity index is 3.81. The van der Waals surface area contributed by atoms with E-state index in [0.717, 1.165) is 6.54 Å². The summed E-state index contributed by atoms with van der Waals surface area (Å²) in [6.45, 7) is 6.74. The molecule has 0 aliphatic carbocycles. The quantitative estimate of drug-likeness (QED) is 0.510. The lowest BCUT2D eigenvalue weighted by molar-refractivity contribution is -0.129. The fraction of sp³-hybridized carbons (Fsp3) is 0.667. The second-order valence-electron chi connectivity index (χ2n) is 4.20. The van der Waals surface area contributed by atoms with E-state index in [2.05, 4.69) is 0 Å². The molecule has 3 nitrogen and oxygen atoms in total. The van der Waals surface area contributed by atoms with Crippen molar-refractivity contribution in [2.24, 2.45) is 0 Å². The molecular formula is C9H19NO2Si. The van der Waals surface area contributed by atoms with E-state index in [-0.39, 0.29) is 5.97 Å². The van der Waals surface area contributed by atoms with Crippen LogP contribution in [0.25, 0.3) is 0 Å². The molecule has 0 N–H and O–H groups in total. The zero-order chi connectivity index (χ0) is 10.5. The summed E-state index contributed by atoms with van der Waals surface area (Å²) in [5.41, 5.74) is 0. The van der Waals surface area contributed by atoms with E-state index in [1.165, 1.54) is 6.08 Å². The van der Waals surface area contributed by atoms with E-state index in [9.17, 15) is 4.79 Å². The highest BCUT2D eigenvalue weighted by atomic mass is 28.4. The highest BCUT2D eigenvalue weighted by Crippen LogP contribution is 2.02. The van der Waals surface area contributed by atoms with Crippen LogP contribution < -0.4 is 0 Å². The zero-order valence-corrected chi connectivity index (χ0v) is 10.1. The lowest BCUT2D eigenvalue weighted by Gasteiger charge is -2.15. The number of likely N-dealkylation sites (N-methyl/N-ethyl adjacent to an activating group) is 1. The van der Waals surface area contributed by atoms with Gasteiger partial charge in [-0.15, -0.1) is 0 Å². The van der Waals surface area contributed by atoms with Crippen molar-refractivity contribution >= 4 is 14.3 Å². The van der Waals surface area contributed by atoms with Crippen LogP contribution in [0.1, 0.15) is 0 Å². The molecule has 0 rings (SSSR count).